The molecule has 3 atom stereocenters. The maximum absolute atomic E-state index is 12.1. The second-order valence-corrected chi connectivity index (χ2v) is 6.15. The van der Waals surface area contributed by atoms with Crippen LogP contribution in [-0.4, -0.2) is 47.7 Å². The summed E-state index contributed by atoms with van der Waals surface area (Å²) in [4.78, 5) is 34.6. The molecule has 0 saturated carbocycles. The highest BCUT2D eigenvalue weighted by Gasteiger charge is 2.51. The quantitative estimate of drug-likeness (QED) is 0.553. The van der Waals surface area contributed by atoms with Crippen molar-refractivity contribution in [3.63, 3.8) is 0 Å². The van der Waals surface area contributed by atoms with Gasteiger partial charge in [-0.1, -0.05) is 27.7 Å². The predicted octanol–water partition coefficient (Wildman–Crippen LogP) is 0.142. The van der Waals surface area contributed by atoms with E-state index in [0.29, 0.717) is 18.9 Å². The Hall–Kier alpha value is -1.63. The van der Waals surface area contributed by atoms with Crippen LogP contribution in [0.4, 0.5) is 0 Å². The molecule has 0 aromatic heterocycles. The average Bonchev–Trinajstić information content (AvgIpc) is 3.14. The number of ether oxygens (including phenoxy) is 1. The number of carbonyl (C=O) groups is 3. The molecule has 0 spiro atoms. The zero-order valence-electron chi connectivity index (χ0n) is 12.9. The molecule has 1 aliphatic rings. The summed E-state index contributed by atoms with van der Waals surface area (Å²) in [6.07, 6.45) is -1.60. The van der Waals surface area contributed by atoms with E-state index in [2.05, 4.69) is 10.6 Å². The van der Waals surface area contributed by atoms with E-state index < -0.39 is 30.1 Å². The standard InChI is InChI=1S/C14H24N2O5/c1-7(2)5-9(12(17)15-6-8(3)4)16-13(18)10-11(21-10)14(19)20/h7-11H,5-6H2,1-4H3,(H,15,17)(H,16,18)(H,19,20)/t9-,10+,11-/m0/s1. The lowest BCUT2D eigenvalue weighted by Gasteiger charge is -2.20. The third kappa shape index (κ3) is 5.71. The lowest BCUT2D eigenvalue weighted by Crippen LogP contribution is -2.49. The summed E-state index contributed by atoms with van der Waals surface area (Å²) in [6, 6.07) is -0.671. The van der Waals surface area contributed by atoms with Crippen LogP contribution in [0.5, 0.6) is 0 Å². The fraction of sp³-hybridized carbons (Fsp3) is 0.786. The number of carboxylic acid groups (broad SMARTS) is 1. The molecule has 1 aliphatic heterocycles. The van der Waals surface area contributed by atoms with Gasteiger partial charge in [-0.3, -0.25) is 9.59 Å². The number of aliphatic carboxylic acids is 1. The van der Waals surface area contributed by atoms with Crippen LogP contribution in [0, 0.1) is 11.8 Å². The summed E-state index contributed by atoms with van der Waals surface area (Å²) < 4.78 is 4.78. The van der Waals surface area contributed by atoms with Gasteiger partial charge in [-0.25, -0.2) is 4.79 Å². The predicted molar refractivity (Wildman–Crippen MR) is 75.5 cm³/mol. The summed E-state index contributed by atoms with van der Waals surface area (Å²) in [5, 5.41) is 14.1. The molecule has 0 aromatic carbocycles. The van der Waals surface area contributed by atoms with Crippen molar-refractivity contribution in [2.75, 3.05) is 6.54 Å². The number of carbonyl (C=O) groups excluding carboxylic acids is 2. The Bertz CT molecular complexity index is 408. The molecule has 1 rings (SSSR count). The van der Waals surface area contributed by atoms with E-state index in [-0.39, 0.29) is 11.8 Å². The Balaban J connectivity index is 2.55. The largest absolute Gasteiger partial charge is 0.479 e. The Morgan fingerprint density at radius 3 is 2.14 bits per heavy atom. The lowest BCUT2D eigenvalue weighted by molar-refractivity contribution is -0.138. The van der Waals surface area contributed by atoms with Crippen molar-refractivity contribution < 1.29 is 24.2 Å². The highest BCUT2D eigenvalue weighted by Crippen LogP contribution is 2.22. The van der Waals surface area contributed by atoms with Gasteiger partial charge < -0.3 is 20.5 Å². The van der Waals surface area contributed by atoms with Gasteiger partial charge in [0.15, 0.2) is 12.2 Å². The number of amides is 2. The minimum absolute atomic E-state index is 0.218. The first-order valence-electron chi connectivity index (χ1n) is 7.18. The van der Waals surface area contributed by atoms with E-state index in [9.17, 15) is 14.4 Å². The summed E-state index contributed by atoms with van der Waals surface area (Å²) in [6.45, 7) is 8.38. The first-order chi connectivity index (χ1) is 9.72. The fourth-order valence-corrected chi connectivity index (χ4v) is 1.88. The van der Waals surface area contributed by atoms with Crippen molar-refractivity contribution in [1.82, 2.24) is 10.6 Å². The third-order valence-corrected chi connectivity index (χ3v) is 3.02. The Labute approximate surface area is 124 Å². The molecular formula is C14H24N2O5. The van der Waals surface area contributed by atoms with Gasteiger partial charge in [0.2, 0.25) is 5.91 Å². The number of hydrogen-bond acceptors (Lipinski definition) is 4. The number of hydrogen-bond donors (Lipinski definition) is 3. The van der Waals surface area contributed by atoms with E-state index in [4.69, 9.17) is 9.84 Å². The molecule has 1 heterocycles. The van der Waals surface area contributed by atoms with Crippen molar-refractivity contribution in [3.05, 3.63) is 0 Å². The zero-order valence-corrected chi connectivity index (χ0v) is 12.9. The lowest BCUT2D eigenvalue weighted by atomic mass is 10.0. The molecule has 0 unspecified atom stereocenters. The number of carboxylic acids is 1. The van der Waals surface area contributed by atoms with Crippen LogP contribution in [0.3, 0.4) is 0 Å². The molecule has 1 fully saturated rings. The number of nitrogens with one attached hydrogen (secondary N) is 2. The highest BCUT2D eigenvalue weighted by molar-refractivity contribution is 5.95. The molecule has 0 aromatic rings. The van der Waals surface area contributed by atoms with Gasteiger partial charge in [0.1, 0.15) is 6.04 Å². The Kier molecular flexibility index (Phi) is 6.14. The highest BCUT2D eigenvalue weighted by atomic mass is 16.6. The first-order valence-corrected chi connectivity index (χ1v) is 7.18. The van der Waals surface area contributed by atoms with E-state index in [1.165, 1.54) is 0 Å². The van der Waals surface area contributed by atoms with Crippen molar-refractivity contribution in [3.8, 4) is 0 Å². The van der Waals surface area contributed by atoms with Crippen LogP contribution < -0.4 is 10.6 Å². The average molecular weight is 300 g/mol. The van der Waals surface area contributed by atoms with Gasteiger partial charge in [-0.15, -0.1) is 0 Å². The maximum atomic E-state index is 12.1. The molecule has 0 bridgehead atoms. The van der Waals surface area contributed by atoms with Crippen LogP contribution in [0.25, 0.3) is 0 Å². The molecule has 1 saturated heterocycles. The molecule has 7 heteroatoms. The monoisotopic (exact) mass is 300 g/mol. The van der Waals surface area contributed by atoms with Gasteiger partial charge in [-0.05, 0) is 18.3 Å². The second kappa shape index (κ2) is 7.40. The molecule has 0 aliphatic carbocycles. The summed E-state index contributed by atoms with van der Waals surface area (Å²) in [5.74, 6) is -1.44. The minimum Gasteiger partial charge on any atom is -0.479 e. The van der Waals surface area contributed by atoms with Gasteiger partial charge in [0.05, 0.1) is 0 Å². The minimum atomic E-state index is -1.17. The summed E-state index contributed by atoms with van der Waals surface area (Å²) in [5.41, 5.74) is 0. The zero-order chi connectivity index (χ0) is 16.2. The topological polar surface area (TPSA) is 108 Å². The van der Waals surface area contributed by atoms with Crippen LogP contribution >= 0.6 is 0 Å². The van der Waals surface area contributed by atoms with Crippen LogP contribution in [0.1, 0.15) is 34.1 Å². The van der Waals surface area contributed by atoms with Crippen molar-refractivity contribution in [2.24, 2.45) is 11.8 Å². The number of rotatable bonds is 8. The van der Waals surface area contributed by atoms with Crippen LogP contribution in [0.15, 0.2) is 0 Å². The first kappa shape index (κ1) is 17.4. The van der Waals surface area contributed by atoms with E-state index in [1.54, 1.807) is 0 Å². The summed E-state index contributed by atoms with van der Waals surface area (Å²) in [7, 11) is 0. The van der Waals surface area contributed by atoms with E-state index in [1.807, 2.05) is 27.7 Å². The third-order valence-electron chi connectivity index (χ3n) is 3.02. The molecule has 120 valence electrons. The molecule has 7 nitrogen and oxygen atoms in total. The summed E-state index contributed by atoms with van der Waals surface area (Å²) >= 11 is 0. The van der Waals surface area contributed by atoms with Crippen molar-refractivity contribution in [1.29, 1.82) is 0 Å². The Morgan fingerprint density at radius 1 is 1.10 bits per heavy atom. The normalized spacial score (nSPS) is 22.0. The fourth-order valence-electron chi connectivity index (χ4n) is 1.88. The molecule has 21 heavy (non-hydrogen) atoms. The second-order valence-electron chi connectivity index (χ2n) is 6.15. The molecule has 2 amide bonds. The molecule has 3 N–H and O–H groups in total. The van der Waals surface area contributed by atoms with Crippen molar-refractivity contribution in [2.45, 2.75) is 52.4 Å². The van der Waals surface area contributed by atoms with Crippen molar-refractivity contribution >= 4 is 17.8 Å². The van der Waals surface area contributed by atoms with Gasteiger partial charge in [0, 0.05) is 6.54 Å². The molecule has 0 radical (unpaired) electrons. The smallest absolute Gasteiger partial charge is 0.336 e. The number of epoxide rings is 1. The maximum Gasteiger partial charge on any atom is 0.336 e. The van der Waals surface area contributed by atoms with Gasteiger partial charge in [0.25, 0.3) is 5.91 Å². The SMILES string of the molecule is CC(C)CNC(=O)[C@H](CC(C)C)NC(=O)[C@@H]1O[C@@H]1C(=O)O. The van der Waals surface area contributed by atoms with Crippen LogP contribution in [0.2, 0.25) is 0 Å². The van der Waals surface area contributed by atoms with Gasteiger partial charge in [-0.2, -0.15) is 0 Å². The van der Waals surface area contributed by atoms with Gasteiger partial charge >= 0.3 is 5.97 Å². The van der Waals surface area contributed by atoms with E-state index in [0.717, 1.165) is 0 Å². The van der Waals surface area contributed by atoms with Crippen LogP contribution in [-0.2, 0) is 19.1 Å². The molecular weight excluding hydrogens is 276 g/mol. The van der Waals surface area contributed by atoms with E-state index >= 15 is 0 Å². The Morgan fingerprint density at radius 2 is 1.71 bits per heavy atom.